The summed E-state index contributed by atoms with van der Waals surface area (Å²) in [5.74, 6) is -1.68. The molecule has 0 bridgehead atoms. The van der Waals surface area contributed by atoms with Crippen molar-refractivity contribution in [1.29, 1.82) is 0 Å². The quantitative estimate of drug-likeness (QED) is 0.418. The lowest BCUT2D eigenvalue weighted by Crippen LogP contribution is -2.14. The molecule has 6 nitrogen and oxygen atoms in total. The van der Waals surface area contributed by atoms with Crippen molar-refractivity contribution >= 4 is 33.5 Å². The standard InChI is InChI=1S/C23H18FNO5S/c24-20-10-6-18(7-11-20)22(26)16-30-23(27)19-8-12-21(13-9-19)25-31(28,29)15-14-17-4-2-1-3-5-17/h1-15,25H,16H2/b15-14-. The molecule has 0 spiro atoms. The molecule has 0 saturated carbocycles. The number of ether oxygens (including phenoxy) is 1. The molecular formula is C23H18FNO5S. The number of anilines is 1. The summed E-state index contributed by atoms with van der Waals surface area (Å²) in [6, 6.07) is 19.4. The van der Waals surface area contributed by atoms with Gasteiger partial charge in [-0.15, -0.1) is 0 Å². The Morgan fingerprint density at radius 2 is 1.48 bits per heavy atom. The molecule has 3 aromatic rings. The Labute approximate surface area is 179 Å². The van der Waals surface area contributed by atoms with Gasteiger partial charge in [-0.05, 0) is 60.2 Å². The van der Waals surface area contributed by atoms with Gasteiger partial charge in [-0.25, -0.2) is 17.6 Å². The lowest BCUT2D eigenvalue weighted by atomic mass is 10.1. The van der Waals surface area contributed by atoms with Gasteiger partial charge in [0.2, 0.25) is 0 Å². The van der Waals surface area contributed by atoms with Gasteiger partial charge < -0.3 is 4.74 Å². The van der Waals surface area contributed by atoms with Crippen LogP contribution in [0.1, 0.15) is 26.3 Å². The Balaban J connectivity index is 1.56. The molecule has 0 radical (unpaired) electrons. The van der Waals surface area contributed by atoms with Gasteiger partial charge in [0.15, 0.2) is 12.4 Å². The van der Waals surface area contributed by atoms with Gasteiger partial charge in [-0.1, -0.05) is 30.3 Å². The second kappa shape index (κ2) is 9.82. The van der Waals surface area contributed by atoms with Crippen LogP contribution in [0.4, 0.5) is 10.1 Å². The third-order valence-electron chi connectivity index (χ3n) is 4.12. The van der Waals surface area contributed by atoms with Crippen molar-refractivity contribution in [3.05, 3.63) is 107 Å². The molecule has 8 heteroatoms. The number of carbonyl (C=O) groups is 2. The monoisotopic (exact) mass is 439 g/mol. The molecule has 0 aliphatic carbocycles. The van der Waals surface area contributed by atoms with E-state index in [9.17, 15) is 22.4 Å². The van der Waals surface area contributed by atoms with E-state index in [0.717, 1.165) is 23.1 Å². The number of esters is 1. The van der Waals surface area contributed by atoms with E-state index in [1.807, 2.05) is 6.07 Å². The highest BCUT2D eigenvalue weighted by atomic mass is 32.2. The first-order valence-electron chi connectivity index (χ1n) is 9.14. The summed E-state index contributed by atoms with van der Waals surface area (Å²) in [6.07, 6.45) is 1.46. The number of Topliss-reactive ketones (excluding diaryl/α,β-unsaturated/α-hetero) is 1. The van der Waals surface area contributed by atoms with Gasteiger partial charge in [-0.2, -0.15) is 0 Å². The smallest absolute Gasteiger partial charge is 0.338 e. The minimum Gasteiger partial charge on any atom is -0.454 e. The molecule has 0 aromatic heterocycles. The van der Waals surface area contributed by atoms with Crippen LogP contribution >= 0.6 is 0 Å². The number of hydrogen-bond donors (Lipinski definition) is 1. The largest absolute Gasteiger partial charge is 0.454 e. The topological polar surface area (TPSA) is 89.5 Å². The third kappa shape index (κ3) is 6.61. The van der Waals surface area contributed by atoms with E-state index in [1.54, 1.807) is 24.3 Å². The first-order valence-corrected chi connectivity index (χ1v) is 10.7. The fourth-order valence-electron chi connectivity index (χ4n) is 2.54. The molecule has 31 heavy (non-hydrogen) atoms. The number of hydrogen-bond acceptors (Lipinski definition) is 5. The Bertz CT molecular complexity index is 1190. The summed E-state index contributed by atoms with van der Waals surface area (Å²) in [5, 5.41) is 1.05. The number of nitrogens with one attached hydrogen (secondary N) is 1. The molecule has 158 valence electrons. The number of sulfonamides is 1. The molecule has 0 aliphatic heterocycles. The van der Waals surface area contributed by atoms with Crippen LogP contribution in [0.15, 0.2) is 84.3 Å². The number of halogens is 1. The van der Waals surface area contributed by atoms with E-state index in [-0.39, 0.29) is 16.8 Å². The average Bonchev–Trinajstić information content (AvgIpc) is 2.77. The minimum atomic E-state index is -3.74. The maximum absolute atomic E-state index is 12.9. The van der Waals surface area contributed by atoms with Crippen molar-refractivity contribution in [3.8, 4) is 0 Å². The molecule has 0 atom stereocenters. The molecule has 0 heterocycles. The zero-order valence-electron chi connectivity index (χ0n) is 16.2. The molecule has 0 fully saturated rings. The van der Waals surface area contributed by atoms with Crippen molar-refractivity contribution in [2.45, 2.75) is 0 Å². The number of benzene rings is 3. The number of carbonyl (C=O) groups excluding carboxylic acids is 2. The number of rotatable bonds is 8. The van der Waals surface area contributed by atoms with E-state index in [1.165, 1.54) is 42.5 Å². The van der Waals surface area contributed by atoms with E-state index in [4.69, 9.17) is 4.74 Å². The van der Waals surface area contributed by atoms with Crippen molar-refractivity contribution in [1.82, 2.24) is 0 Å². The average molecular weight is 439 g/mol. The van der Waals surface area contributed by atoms with E-state index >= 15 is 0 Å². The molecule has 0 aliphatic rings. The van der Waals surface area contributed by atoms with E-state index in [2.05, 4.69) is 4.72 Å². The van der Waals surface area contributed by atoms with Gasteiger partial charge >= 0.3 is 5.97 Å². The van der Waals surface area contributed by atoms with Crippen molar-refractivity contribution in [2.24, 2.45) is 0 Å². The molecule has 1 N–H and O–H groups in total. The van der Waals surface area contributed by atoms with Crippen molar-refractivity contribution in [2.75, 3.05) is 11.3 Å². The third-order valence-corrected chi connectivity index (χ3v) is 5.14. The summed E-state index contributed by atoms with van der Waals surface area (Å²) < 4.78 is 44.6. The second-order valence-electron chi connectivity index (χ2n) is 6.44. The predicted molar refractivity (Wildman–Crippen MR) is 115 cm³/mol. The molecule has 0 amide bonds. The Kier molecular flexibility index (Phi) is 6.94. The maximum atomic E-state index is 12.9. The van der Waals surface area contributed by atoms with Gasteiger partial charge in [0, 0.05) is 11.3 Å². The summed E-state index contributed by atoms with van der Waals surface area (Å²) in [4.78, 5) is 24.1. The summed E-state index contributed by atoms with van der Waals surface area (Å²) in [6.45, 7) is -0.497. The van der Waals surface area contributed by atoms with Crippen LogP contribution in [0.3, 0.4) is 0 Å². The van der Waals surface area contributed by atoms with E-state index < -0.39 is 34.2 Å². The van der Waals surface area contributed by atoms with Crippen LogP contribution in [0, 0.1) is 5.82 Å². The van der Waals surface area contributed by atoms with Crippen LogP contribution in [0.2, 0.25) is 0 Å². The van der Waals surface area contributed by atoms with Crippen LogP contribution < -0.4 is 4.72 Å². The summed E-state index contributed by atoms with van der Waals surface area (Å²) in [7, 11) is -3.74. The molecule has 0 unspecified atom stereocenters. The number of ketones is 1. The summed E-state index contributed by atoms with van der Waals surface area (Å²) >= 11 is 0. The van der Waals surface area contributed by atoms with E-state index in [0.29, 0.717) is 0 Å². The zero-order valence-corrected chi connectivity index (χ0v) is 17.0. The Morgan fingerprint density at radius 1 is 0.871 bits per heavy atom. The lowest BCUT2D eigenvalue weighted by molar-refractivity contribution is 0.0475. The second-order valence-corrected chi connectivity index (χ2v) is 8.01. The van der Waals surface area contributed by atoms with Gasteiger partial charge in [0.25, 0.3) is 10.0 Å². The minimum absolute atomic E-state index is 0.148. The fourth-order valence-corrected chi connectivity index (χ4v) is 3.41. The molecule has 3 aromatic carbocycles. The highest BCUT2D eigenvalue weighted by Gasteiger charge is 2.13. The highest BCUT2D eigenvalue weighted by molar-refractivity contribution is 7.95. The van der Waals surface area contributed by atoms with Crippen LogP contribution in [0.25, 0.3) is 6.08 Å². The van der Waals surface area contributed by atoms with Crippen LogP contribution in [-0.4, -0.2) is 26.8 Å². The highest BCUT2D eigenvalue weighted by Crippen LogP contribution is 2.14. The first-order chi connectivity index (χ1) is 14.8. The van der Waals surface area contributed by atoms with Crippen LogP contribution in [0.5, 0.6) is 0 Å². The van der Waals surface area contributed by atoms with Gasteiger partial charge in [-0.3, -0.25) is 9.52 Å². The lowest BCUT2D eigenvalue weighted by Gasteiger charge is -2.07. The Morgan fingerprint density at radius 3 is 2.13 bits per heavy atom. The van der Waals surface area contributed by atoms with Crippen molar-refractivity contribution < 1.29 is 27.1 Å². The normalized spacial score (nSPS) is 11.3. The Hall–Kier alpha value is -3.78. The SMILES string of the molecule is O=C(COC(=O)c1ccc(NS(=O)(=O)/C=C\c2ccccc2)cc1)c1ccc(F)cc1. The zero-order chi connectivity index (χ0) is 22.3. The summed E-state index contributed by atoms with van der Waals surface area (Å²) in [5.41, 5.74) is 1.37. The van der Waals surface area contributed by atoms with Gasteiger partial charge in [0.1, 0.15) is 5.82 Å². The van der Waals surface area contributed by atoms with Crippen molar-refractivity contribution in [3.63, 3.8) is 0 Å². The molecule has 3 rings (SSSR count). The molecular weight excluding hydrogens is 421 g/mol. The van der Waals surface area contributed by atoms with Crippen LogP contribution in [-0.2, 0) is 14.8 Å². The first kappa shape index (κ1) is 21.9. The fraction of sp³-hybridized carbons (Fsp3) is 0.0435. The van der Waals surface area contributed by atoms with Gasteiger partial charge in [0.05, 0.1) is 11.0 Å². The predicted octanol–water partition coefficient (Wildman–Crippen LogP) is 4.28. The molecule has 0 saturated heterocycles. The maximum Gasteiger partial charge on any atom is 0.338 e.